The first kappa shape index (κ1) is 11.6. The highest BCUT2D eigenvalue weighted by Gasteiger charge is 2.11. The highest BCUT2D eigenvalue weighted by atomic mass is 16.1. The number of rotatable bonds is 1. The SMILES string of the molecule is Cc1ccccc1-n1c(C)nc2cccnc2c1=O. The number of benzene rings is 1. The second-order valence-electron chi connectivity index (χ2n) is 4.46. The first-order valence-corrected chi connectivity index (χ1v) is 6.09. The third kappa shape index (κ3) is 1.81. The highest BCUT2D eigenvalue weighted by molar-refractivity contribution is 5.73. The van der Waals surface area contributed by atoms with Crippen LogP contribution in [0, 0.1) is 13.8 Å². The Morgan fingerprint density at radius 2 is 1.84 bits per heavy atom. The van der Waals surface area contributed by atoms with Crippen LogP contribution in [0.5, 0.6) is 0 Å². The molecule has 0 atom stereocenters. The summed E-state index contributed by atoms with van der Waals surface area (Å²) in [6.07, 6.45) is 1.61. The van der Waals surface area contributed by atoms with E-state index in [2.05, 4.69) is 9.97 Å². The van der Waals surface area contributed by atoms with Gasteiger partial charge in [0.05, 0.1) is 11.2 Å². The van der Waals surface area contributed by atoms with Crippen LogP contribution in [-0.2, 0) is 0 Å². The second-order valence-corrected chi connectivity index (χ2v) is 4.46. The standard InChI is InChI=1S/C15H13N3O/c1-10-6-3-4-8-13(10)18-11(2)17-12-7-5-9-16-14(12)15(18)19/h3-9H,1-2H3. The maximum absolute atomic E-state index is 12.6. The summed E-state index contributed by atoms with van der Waals surface area (Å²) in [5.74, 6) is 0.666. The molecule has 4 nitrogen and oxygen atoms in total. The summed E-state index contributed by atoms with van der Waals surface area (Å²) >= 11 is 0. The lowest BCUT2D eigenvalue weighted by Gasteiger charge is -2.12. The highest BCUT2D eigenvalue weighted by Crippen LogP contribution is 2.14. The van der Waals surface area contributed by atoms with Crippen LogP contribution in [0.1, 0.15) is 11.4 Å². The van der Waals surface area contributed by atoms with E-state index in [1.165, 1.54) is 0 Å². The predicted molar refractivity (Wildman–Crippen MR) is 74.6 cm³/mol. The molecule has 2 aromatic heterocycles. The van der Waals surface area contributed by atoms with Gasteiger partial charge in [-0.25, -0.2) is 9.97 Å². The maximum Gasteiger partial charge on any atom is 0.284 e. The Kier molecular flexibility index (Phi) is 2.63. The molecule has 3 rings (SSSR count). The Labute approximate surface area is 110 Å². The third-order valence-corrected chi connectivity index (χ3v) is 3.15. The Morgan fingerprint density at radius 1 is 1.05 bits per heavy atom. The van der Waals surface area contributed by atoms with Crippen molar-refractivity contribution in [2.24, 2.45) is 0 Å². The summed E-state index contributed by atoms with van der Waals surface area (Å²) in [5.41, 5.74) is 2.79. The molecule has 0 radical (unpaired) electrons. The van der Waals surface area contributed by atoms with Crippen LogP contribution in [0.25, 0.3) is 16.7 Å². The van der Waals surface area contributed by atoms with Crippen molar-refractivity contribution >= 4 is 11.0 Å². The molecular weight excluding hydrogens is 238 g/mol. The smallest absolute Gasteiger partial charge is 0.266 e. The predicted octanol–water partition coefficient (Wildman–Crippen LogP) is 2.40. The van der Waals surface area contributed by atoms with Gasteiger partial charge in [-0.3, -0.25) is 9.36 Å². The zero-order valence-corrected chi connectivity index (χ0v) is 10.8. The molecule has 0 spiro atoms. The molecular formula is C15H13N3O. The molecule has 0 unspecified atom stereocenters. The summed E-state index contributed by atoms with van der Waals surface area (Å²) < 4.78 is 1.62. The van der Waals surface area contributed by atoms with E-state index in [-0.39, 0.29) is 5.56 Å². The zero-order valence-electron chi connectivity index (χ0n) is 10.8. The lowest BCUT2D eigenvalue weighted by molar-refractivity contribution is 0.882. The first-order valence-electron chi connectivity index (χ1n) is 6.09. The Balaban J connectivity index is 2.43. The summed E-state index contributed by atoms with van der Waals surface area (Å²) in [4.78, 5) is 21.2. The van der Waals surface area contributed by atoms with Gasteiger partial charge in [0.25, 0.3) is 5.56 Å². The zero-order chi connectivity index (χ0) is 13.4. The Bertz CT molecular complexity index is 821. The van der Waals surface area contributed by atoms with Crippen molar-refractivity contribution < 1.29 is 0 Å². The molecule has 0 aliphatic rings. The summed E-state index contributed by atoms with van der Waals surface area (Å²) in [5, 5.41) is 0. The monoisotopic (exact) mass is 251 g/mol. The fourth-order valence-electron chi connectivity index (χ4n) is 2.23. The van der Waals surface area contributed by atoms with Crippen LogP contribution < -0.4 is 5.56 Å². The van der Waals surface area contributed by atoms with E-state index in [0.29, 0.717) is 16.9 Å². The minimum Gasteiger partial charge on any atom is -0.266 e. The molecule has 19 heavy (non-hydrogen) atoms. The molecule has 94 valence electrons. The Morgan fingerprint density at radius 3 is 2.63 bits per heavy atom. The molecule has 0 amide bonds. The molecule has 2 heterocycles. The fourth-order valence-corrected chi connectivity index (χ4v) is 2.23. The second kappa shape index (κ2) is 4.31. The molecule has 0 bridgehead atoms. The lowest BCUT2D eigenvalue weighted by atomic mass is 10.2. The van der Waals surface area contributed by atoms with Gasteiger partial charge in [-0.05, 0) is 37.6 Å². The van der Waals surface area contributed by atoms with Gasteiger partial charge in [-0.1, -0.05) is 18.2 Å². The third-order valence-electron chi connectivity index (χ3n) is 3.15. The average molecular weight is 251 g/mol. The van der Waals surface area contributed by atoms with Crippen LogP contribution in [0.4, 0.5) is 0 Å². The number of aromatic nitrogens is 3. The van der Waals surface area contributed by atoms with Gasteiger partial charge in [-0.15, -0.1) is 0 Å². The number of fused-ring (bicyclic) bond motifs is 1. The van der Waals surface area contributed by atoms with E-state index >= 15 is 0 Å². The van der Waals surface area contributed by atoms with Crippen LogP contribution in [0.3, 0.4) is 0 Å². The number of hydrogen-bond donors (Lipinski definition) is 0. The van der Waals surface area contributed by atoms with Gasteiger partial charge in [-0.2, -0.15) is 0 Å². The summed E-state index contributed by atoms with van der Waals surface area (Å²) in [6, 6.07) is 11.3. The van der Waals surface area contributed by atoms with Crippen molar-refractivity contribution in [3.8, 4) is 5.69 Å². The van der Waals surface area contributed by atoms with E-state index in [1.54, 1.807) is 22.9 Å². The van der Waals surface area contributed by atoms with Gasteiger partial charge < -0.3 is 0 Å². The van der Waals surface area contributed by atoms with E-state index in [0.717, 1.165) is 11.3 Å². The number of pyridine rings is 1. The summed E-state index contributed by atoms with van der Waals surface area (Å²) in [7, 11) is 0. The van der Waals surface area contributed by atoms with Crippen LogP contribution in [0.2, 0.25) is 0 Å². The lowest BCUT2D eigenvalue weighted by Crippen LogP contribution is -2.23. The Hall–Kier alpha value is -2.49. The molecule has 0 aliphatic carbocycles. The first-order chi connectivity index (χ1) is 9.18. The van der Waals surface area contributed by atoms with Crippen molar-refractivity contribution in [1.29, 1.82) is 0 Å². The minimum atomic E-state index is -0.127. The van der Waals surface area contributed by atoms with Gasteiger partial charge in [0.2, 0.25) is 0 Å². The van der Waals surface area contributed by atoms with Crippen LogP contribution in [0.15, 0.2) is 47.4 Å². The number of nitrogens with zero attached hydrogens (tertiary/aromatic N) is 3. The van der Waals surface area contributed by atoms with Crippen LogP contribution >= 0.6 is 0 Å². The van der Waals surface area contributed by atoms with Crippen molar-refractivity contribution in [2.75, 3.05) is 0 Å². The van der Waals surface area contributed by atoms with Crippen LogP contribution in [-0.4, -0.2) is 14.5 Å². The number of hydrogen-bond acceptors (Lipinski definition) is 3. The molecule has 0 aliphatic heterocycles. The van der Waals surface area contributed by atoms with Gasteiger partial charge in [0.15, 0.2) is 5.52 Å². The van der Waals surface area contributed by atoms with Gasteiger partial charge >= 0.3 is 0 Å². The molecule has 0 saturated heterocycles. The number of aryl methyl sites for hydroxylation is 2. The molecule has 0 fully saturated rings. The quantitative estimate of drug-likeness (QED) is 0.667. The minimum absolute atomic E-state index is 0.127. The largest absolute Gasteiger partial charge is 0.284 e. The molecule has 4 heteroatoms. The van der Waals surface area contributed by atoms with E-state index in [4.69, 9.17) is 0 Å². The molecule has 0 N–H and O–H groups in total. The maximum atomic E-state index is 12.6. The molecule has 3 aromatic rings. The van der Waals surface area contributed by atoms with Gasteiger partial charge in [0.1, 0.15) is 5.82 Å². The topological polar surface area (TPSA) is 47.8 Å². The van der Waals surface area contributed by atoms with Crippen molar-refractivity contribution in [3.63, 3.8) is 0 Å². The van der Waals surface area contributed by atoms with Gasteiger partial charge in [0, 0.05) is 6.20 Å². The van der Waals surface area contributed by atoms with Crippen molar-refractivity contribution in [1.82, 2.24) is 14.5 Å². The average Bonchev–Trinajstić information content (AvgIpc) is 2.41. The van der Waals surface area contributed by atoms with E-state index in [9.17, 15) is 4.79 Å². The van der Waals surface area contributed by atoms with E-state index < -0.39 is 0 Å². The normalized spacial score (nSPS) is 10.8. The van der Waals surface area contributed by atoms with Crippen molar-refractivity contribution in [2.45, 2.75) is 13.8 Å². The fraction of sp³-hybridized carbons (Fsp3) is 0.133. The van der Waals surface area contributed by atoms with E-state index in [1.807, 2.05) is 38.1 Å². The molecule has 0 saturated carbocycles. The molecule has 1 aromatic carbocycles. The number of para-hydroxylation sites is 1. The van der Waals surface area contributed by atoms with Crippen molar-refractivity contribution in [3.05, 3.63) is 64.3 Å². The summed E-state index contributed by atoms with van der Waals surface area (Å²) in [6.45, 7) is 3.81.